The number of anilines is 2. The first-order valence-corrected chi connectivity index (χ1v) is 33.7. The molecule has 0 radical (unpaired) electrons. The first-order valence-electron chi connectivity index (χ1n) is 33.7. The molecule has 6 aromatic rings. The average Bonchev–Trinajstić information content (AvgIpc) is 1.60. The Kier molecular flexibility index (Phi) is 28.5. The molecule has 548 valence electrons. The molecule has 0 unspecified atom stereocenters. The molecule has 0 bridgehead atoms. The van der Waals surface area contributed by atoms with E-state index < -0.39 is 64.6 Å². The fraction of sp³-hybridized carbons (Fsp3) is 0.453. The normalized spacial score (nSPS) is 17.6. The maximum absolute atomic E-state index is 14.3. The minimum absolute atomic E-state index is 0. The number of halogens is 10. The minimum Gasteiger partial charge on any atom is -0.465 e. The Bertz CT molecular complexity index is 3740. The van der Waals surface area contributed by atoms with Crippen molar-refractivity contribution in [2.75, 3.05) is 117 Å². The molecule has 3 heterocycles. The molecule has 6 aromatic carbocycles. The summed E-state index contributed by atoms with van der Waals surface area (Å²) in [6.45, 7) is 7.11. The molecule has 4 aliphatic rings. The highest BCUT2D eigenvalue weighted by molar-refractivity contribution is 5.96. The van der Waals surface area contributed by atoms with E-state index in [4.69, 9.17) is 9.47 Å². The second-order valence-electron chi connectivity index (χ2n) is 26.6. The lowest BCUT2D eigenvalue weighted by Gasteiger charge is -2.44. The zero-order valence-electron chi connectivity index (χ0n) is 57.2. The van der Waals surface area contributed by atoms with E-state index in [-0.39, 0.29) is 92.7 Å². The lowest BCUT2D eigenvalue weighted by Crippen LogP contribution is -2.50. The highest BCUT2D eigenvalue weighted by Crippen LogP contribution is 2.49. The van der Waals surface area contributed by atoms with Crippen LogP contribution in [0.15, 0.2) is 140 Å². The molecule has 1 spiro atoms. The number of unbranched alkanes of at least 4 members (excludes halogenated alkanes) is 2. The summed E-state index contributed by atoms with van der Waals surface area (Å²) in [6.07, 6.45) is -4.48. The number of nitrogens with zero attached hydrogens (tertiary/aromatic N) is 7. The van der Waals surface area contributed by atoms with Crippen molar-refractivity contribution >= 4 is 78.3 Å². The number of carbonyl (C=O) groups is 5. The van der Waals surface area contributed by atoms with E-state index in [1.165, 1.54) is 29.2 Å². The monoisotopic (exact) mass is 1470 g/mol. The van der Waals surface area contributed by atoms with Crippen LogP contribution in [0.3, 0.4) is 0 Å². The SMILES string of the molecule is Cc1cc(C(=O)N(C)CCCN(C)C(=O)CO[C@H]2Cc3ccccc3C23CCN(CC[C@@]2(c4ccc(F)cc4)CN(C(=O)c4cc(C(F)(F)F)cc(C(F)(F)F)c4)CO2)CC3)ccc1NCCCCCC(=O)N(C)CCN1CCC(N(C(=O)O)c2ccccc2-c2ccccc2)CC1.Cl.Cl.Cl. The fourth-order valence-corrected chi connectivity index (χ4v) is 14.4. The third-order valence-electron chi connectivity index (χ3n) is 20.2. The zero-order chi connectivity index (χ0) is 69.9. The topological polar surface area (TPSA) is 159 Å². The molecule has 5 amide bonds. The molecule has 101 heavy (non-hydrogen) atoms. The third-order valence-corrected chi connectivity index (χ3v) is 20.2. The molecule has 1 aliphatic carbocycles. The number of aryl methyl sites for hydroxylation is 1. The van der Waals surface area contributed by atoms with Gasteiger partial charge in [0.2, 0.25) is 11.8 Å². The van der Waals surface area contributed by atoms with Gasteiger partial charge >= 0.3 is 18.4 Å². The lowest BCUT2D eigenvalue weighted by molar-refractivity contribution is -0.143. The summed E-state index contributed by atoms with van der Waals surface area (Å²) in [6, 6.07) is 37.3. The van der Waals surface area contributed by atoms with Crippen LogP contribution in [0.25, 0.3) is 11.1 Å². The summed E-state index contributed by atoms with van der Waals surface area (Å²) in [4.78, 5) is 79.0. The van der Waals surface area contributed by atoms with Crippen LogP contribution in [0.4, 0.5) is 46.9 Å². The van der Waals surface area contributed by atoms with Gasteiger partial charge in [0, 0.05) is 114 Å². The highest BCUT2D eigenvalue weighted by Gasteiger charge is 2.50. The van der Waals surface area contributed by atoms with E-state index in [1.54, 1.807) is 28.8 Å². The van der Waals surface area contributed by atoms with Crippen LogP contribution in [-0.4, -0.2) is 183 Å². The van der Waals surface area contributed by atoms with Gasteiger partial charge in [-0.3, -0.25) is 24.1 Å². The van der Waals surface area contributed by atoms with E-state index in [0.29, 0.717) is 120 Å². The van der Waals surface area contributed by atoms with Gasteiger partial charge in [-0.05, 0) is 160 Å². The van der Waals surface area contributed by atoms with Crippen LogP contribution in [-0.2, 0) is 48.9 Å². The van der Waals surface area contributed by atoms with Crippen LogP contribution in [0.1, 0.15) is 118 Å². The number of para-hydroxylation sites is 1. The summed E-state index contributed by atoms with van der Waals surface area (Å²) >= 11 is 0. The summed E-state index contributed by atoms with van der Waals surface area (Å²) in [5, 5.41) is 13.9. The highest BCUT2D eigenvalue weighted by atomic mass is 35.5. The van der Waals surface area contributed by atoms with Crippen molar-refractivity contribution in [1.82, 2.24) is 29.4 Å². The molecule has 3 aliphatic heterocycles. The van der Waals surface area contributed by atoms with Crippen LogP contribution < -0.4 is 10.2 Å². The maximum atomic E-state index is 14.3. The van der Waals surface area contributed by atoms with Crippen molar-refractivity contribution in [3.63, 3.8) is 0 Å². The molecule has 2 N–H and O–H groups in total. The first kappa shape index (κ1) is 80.8. The number of hydrogen-bond donors (Lipinski definition) is 2. The quantitative estimate of drug-likeness (QED) is 0.0393. The van der Waals surface area contributed by atoms with Gasteiger partial charge in [-0.1, -0.05) is 91.3 Å². The minimum atomic E-state index is -5.15. The average molecular weight is 1470 g/mol. The molecule has 2 atom stereocenters. The van der Waals surface area contributed by atoms with E-state index in [2.05, 4.69) is 27.2 Å². The van der Waals surface area contributed by atoms with Crippen LogP contribution in [0.2, 0.25) is 0 Å². The molecule has 0 saturated carbocycles. The molecule has 3 fully saturated rings. The number of carbonyl (C=O) groups excluding carboxylic acids is 4. The van der Waals surface area contributed by atoms with Crippen LogP contribution in [0.5, 0.6) is 0 Å². The van der Waals surface area contributed by atoms with E-state index >= 15 is 0 Å². The number of ether oxygens (including phenoxy) is 2. The first-order chi connectivity index (χ1) is 46.8. The lowest BCUT2D eigenvalue weighted by atomic mass is 9.72. The number of nitrogens with one attached hydrogen (secondary N) is 1. The summed E-state index contributed by atoms with van der Waals surface area (Å²) < 4.78 is 110. The van der Waals surface area contributed by atoms with Crippen molar-refractivity contribution in [2.24, 2.45) is 0 Å². The number of alkyl halides is 6. The number of hydrogen-bond acceptors (Lipinski definition) is 10. The molecule has 26 heteroatoms. The Morgan fingerprint density at radius 3 is 1.95 bits per heavy atom. The van der Waals surface area contributed by atoms with Crippen molar-refractivity contribution in [1.29, 1.82) is 0 Å². The van der Waals surface area contributed by atoms with Crippen molar-refractivity contribution in [3.8, 4) is 11.1 Å². The fourth-order valence-electron chi connectivity index (χ4n) is 14.4. The number of likely N-dealkylation sites (N-methyl/N-ethyl adjacent to an activating group) is 2. The zero-order valence-corrected chi connectivity index (χ0v) is 59.7. The molecule has 10 rings (SSSR count). The largest absolute Gasteiger partial charge is 0.465 e. The van der Waals surface area contributed by atoms with Crippen molar-refractivity contribution in [3.05, 3.63) is 190 Å². The van der Waals surface area contributed by atoms with Gasteiger partial charge in [0.05, 0.1) is 29.5 Å². The third kappa shape index (κ3) is 19.8. The number of piperidine rings is 2. The van der Waals surface area contributed by atoms with Gasteiger partial charge in [0.25, 0.3) is 11.8 Å². The van der Waals surface area contributed by atoms with Gasteiger partial charge in [-0.25, -0.2) is 9.18 Å². The number of fused-ring (bicyclic) bond motifs is 2. The van der Waals surface area contributed by atoms with Gasteiger partial charge in [0.1, 0.15) is 24.8 Å². The molecular weight excluding hydrogens is 1380 g/mol. The second kappa shape index (κ2) is 35.6. The summed E-state index contributed by atoms with van der Waals surface area (Å²) in [5.41, 5.74) is 2.06. The predicted molar refractivity (Wildman–Crippen MR) is 382 cm³/mol. The van der Waals surface area contributed by atoms with Crippen LogP contribution in [0, 0.1) is 12.7 Å². The Morgan fingerprint density at radius 2 is 1.29 bits per heavy atom. The Morgan fingerprint density at radius 1 is 0.663 bits per heavy atom. The van der Waals surface area contributed by atoms with Crippen molar-refractivity contribution < 1.29 is 69.3 Å². The summed E-state index contributed by atoms with van der Waals surface area (Å²) in [7, 11) is 5.30. The number of amides is 5. The van der Waals surface area contributed by atoms with E-state index in [1.807, 2.05) is 98.9 Å². The summed E-state index contributed by atoms with van der Waals surface area (Å²) in [5.74, 6) is -1.84. The van der Waals surface area contributed by atoms with Gasteiger partial charge in [-0.2, -0.15) is 26.3 Å². The Balaban J connectivity index is 0.00000477. The number of benzene rings is 6. The standard InChI is InChI=1S/C75H87F7N8O8.3ClH/c1-52-44-55(23-28-64(52)83-34-14-6-9-22-67(91)85(3)42-43-87-37-29-61(30-38-87)90(71(95)96)65-21-13-11-19-62(65)53-16-7-5-8-17-53)69(93)86(4)36-15-35-84(2)68(92)49-97-66-47-54-18-10-12-20-63(54)72(66)31-39-88(40-32-72)41-33-73(57-24-26-60(76)27-25-57)50-89(51-98-73)70(94)56-45-58(74(77,78)79)48-59(46-56)75(80,81)82;;;/h5,7-8,10-13,16-21,23-28,44-46,48,61,66,83H,6,9,14-15,22,29-43,47,49-51H2,1-4H3,(H,95,96);3*1H/t66-,73-;;;/m0.../s1. The Hall–Kier alpha value is -7.51. The number of likely N-dealkylation sites (tertiary alicyclic amines) is 2. The molecule has 0 aromatic heterocycles. The van der Waals surface area contributed by atoms with Crippen LogP contribution >= 0.6 is 37.2 Å². The predicted octanol–water partition coefficient (Wildman–Crippen LogP) is 14.5. The maximum Gasteiger partial charge on any atom is 0.416 e. The smallest absolute Gasteiger partial charge is 0.416 e. The molecular formula is C75H90Cl3F7N8O8. The molecule has 16 nitrogen and oxygen atoms in total. The van der Waals surface area contributed by atoms with Gasteiger partial charge in [-0.15, -0.1) is 37.2 Å². The Labute approximate surface area is 604 Å². The number of carboxylic acid groups (broad SMARTS) is 1. The number of rotatable bonds is 26. The molecule has 3 saturated heterocycles. The van der Waals surface area contributed by atoms with Crippen molar-refractivity contribution in [2.45, 2.75) is 113 Å². The second-order valence-corrected chi connectivity index (χ2v) is 26.6. The van der Waals surface area contributed by atoms with E-state index in [9.17, 15) is 59.8 Å². The van der Waals surface area contributed by atoms with E-state index in [0.717, 1.165) is 77.3 Å². The van der Waals surface area contributed by atoms with Gasteiger partial charge < -0.3 is 49.3 Å². The van der Waals surface area contributed by atoms with Gasteiger partial charge in [0.15, 0.2) is 0 Å².